The van der Waals surface area contributed by atoms with E-state index in [1.54, 1.807) is 12.1 Å². The van der Waals surface area contributed by atoms with E-state index in [4.69, 9.17) is 4.74 Å². The van der Waals surface area contributed by atoms with Gasteiger partial charge in [-0.05, 0) is 35.0 Å². The van der Waals surface area contributed by atoms with Gasteiger partial charge in [0, 0.05) is 11.4 Å². The Morgan fingerprint density at radius 2 is 1.82 bits per heavy atom. The third-order valence-electron chi connectivity index (χ3n) is 2.27. The molecule has 2 aromatic carbocycles. The molecule has 0 atom stereocenters. The van der Waals surface area contributed by atoms with Gasteiger partial charge in [-0.3, -0.25) is 0 Å². The molecule has 2 aromatic rings. The molecule has 90 valence electrons. The van der Waals surface area contributed by atoms with Crippen molar-refractivity contribution >= 4 is 26.7 Å². The number of ether oxygens (including phenoxy) is 1. The fourth-order valence-corrected chi connectivity index (χ4v) is 1.87. The summed E-state index contributed by atoms with van der Waals surface area (Å²) in [6.45, 7) is 0.233. The molecular formula is C13H11BrF2O. The first-order chi connectivity index (χ1) is 7.94. The molecule has 4 heteroatoms. The van der Waals surface area contributed by atoms with Crippen LogP contribution >= 0.6 is 15.9 Å². The second-order valence-electron chi connectivity index (χ2n) is 4.01. The summed E-state index contributed by atoms with van der Waals surface area (Å²) in [5.41, 5.74) is 0. The van der Waals surface area contributed by atoms with Gasteiger partial charge in [-0.15, -0.1) is 0 Å². The molecule has 0 saturated carbocycles. The zero-order valence-electron chi connectivity index (χ0n) is 9.21. The van der Waals surface area contributed by atoms with Crippen LogP contribution in [0.2, 0.25) is 0 Å². The molecular weight excluding hydrogens is 290 g/mol. The third-order valence-corrected chi connectivity index (χ3v) is 2.76. The van der Waals surface area contributed by atoms with Crippen LogP contribution in [0.3, 0.4) is 0 Å². The molecule has 17 heavy (non-hydrogen) atoms. The fourth-order valence-electron chi connectivity index (χ4n) is 1.50. The first-order valence-corrected chi connectivity index (χ1v) is 5.93. The number of hydrogen-bond donors (Lipinski definition) is 0. The van der Waals surface area contributed by atoms with E-state index in [0.29, 0.717) is 5.75 Å². The molecule has 0 unspecified atom stereocenters. The van der Waals surface area contributed by atoms with Crippen LogP contribution < -0.4 is 4.74 Å². The summed E-state index contributed by atoms with van der Waals surface area (Å²) < 4.78 is 31.3. The molecule has 0 aromatic heterocycles. The Kier molecular flexibility index (Phi) is 3.33. The van der Waals surface area contributed by atoms with Crippen molar-refractivity contribution in [3.8, 4) is 5.75 Å². The lowest BCUT2D eigenvalue weighted by molar-refractivity contribution is -0.0229. The minimum atomic E-state index is -2.81. The highest BCUT2D eigenvalue weighted by atomic mass is 79.9. The highest BCUT2D eigenvalue weighted by molar-refractivity contribution is 9.10. The monoisotopic (exact) mass is 300 g/mol. The SMILES string of the molecule is CC(F)(F)COc1ccc2ccc(Br)cc2c1. The largest absolute Gasteiger partial charge is 0.487 e. The number of alkyl halides is 2. The van der Waals surface area contributed by atoms with E-state index in [9.17, 15) is 8.78 Å². The van der Waals surface area contributed by atoms with Gasteiger partial charge in [-0.25, -0.2) is 8.78 Å². The van der Waals surface area contributed by atoms with E-state index in [-0.39, 0.29) is 0 Å². The van der Waals surface area contributed by atoms with Crippen LogP contribution in [-0.2, 0) is 0 Å². The molecule has 0 spiro atoms. The van der Waals surface area contributed by atoms with Gasteiger partial charge in [0.2, 0.25) is 0 Å². The molecule has 0 N–H and O–H groups in total. The highest BCUT2D eigenvalue weighted by Gasteiger charge is 2.21. The summed E-state index contributed by atoms with van der Waals surface area (Å²) in [7, 11) is 0. The van der Waals surface area contributed by atoms with Crippen molar-refractivity contribution in [2.45, 2.75) is 12.8 Å². The quantitative estimate of drug-likeness (QED) is 0.802. The molecule has 1 nitrogen and oxygen atoms in total. The normalized spacial score (nSPS) is 11.8. The van der Waals surface area contributed by atoms with Gasteiger partial charge < -0.3 is 4.74 Å². The van der Waals surface area contributed by atoms with Crippen molar-refractivity contribution in [2.24, 2.45) is 0 Å². The molecule has 0 aliphatic rings. The second kappa shape index (κ2) is 4.61. The Morgan fingerprint density at radius 3 is 2.53 bits per heavy atom. The Morgan fingerprint density at radius 1 is 1.12 bits per heavy atom. The molecule has 0 aliphatic carbocycles. The highest BCUT2D eigenvalue weighted by Crippen LogP contribution is 2.25. The number of hydrogen-bond acceptors (Lipinski definition) is 1. The lowest BCUT2D eigenvalue weighted by Gasteiger charge is -2.12. The summed E-state index contributed by atoms with van der Waals surface area (Å²) >= 11 is 3.37. The minimum Gasteiger partial charge on any atom is -0.487 e. The van der Waals surface area contributed by atoms with Gasteiger partial charge in [0.15, 0.2) is 6.61 Å². The van der Waals surface area contributed by atoms with Crippen molar-refractivity contribution < 1.29 is 13.5 Å². The molecule has 2 rings (SSSR count). The maximum absolute atomic E-state index is 12.7. The van der Waals surface area contributed by atoms with Gasteiger partial charge in [0.05, 0.1) is 0 Å². The Bertz CT molecular complexity index is 534. The van der Waals surface area contributed by atoms with Crippen LogP contribution in [0, 0.1) is 0 Å². The number of rotatable bonds is 3. The molecule has 0 saturated heterocycles. The maximum Gasteiger partial charge on any atom is 0.278 e. The minimum absolute atomic E-state index is 0.456. The zero-order valence-corrected chi connectivity index (χ0v) is 10.8. The van der Waals surface area contributed by atoms with Crippen molar-refractivity contribution in [1.29, 1.82) is 0 Å². The van der Waals surface area contributed by atoms with Gasteiger partial charge >= 0.3 is 0 Å². The lowest BCUT2D eigenvalue weighted by atomic mass is 10.1. The summed E-state index contributed by atoms with van der Waals surface area (Å²) in [6.07, 6.45) is 0. The van der Waals surface area contributed by atoms with Crippen LogP contribution in [0.5, 0.6) is 5.75 Å². The smallest absolute Gasteiger partial charge is 0.278 e. The molecule has 0 aliphatic heterocycles. The summed E-state index contributed by atoms with van der Waals surface area (Å²) in [5, 5.41) is 2.00. The van der Waals surface area contributed by atoms with E-state index < -0.39 is 12.5 Å². The summed E-state index contributed by atoms with van der Waals surface area (Å²) in [6, 6.07) is 11.1. The second-order valence-corrected chi connectivity index (χ2v) is 4.93. The van der Waals surface area contributed by atoms with Crippen LogP contribution in [0.15, 0.2) is 40.9 Å². The first-order valence-electron chi connectivity index (χ1n) is 5.14. The van der Waals surface area contributed by atoms with Crippen molar-refractivity contribution in [1.82, 2.24) is 0 Å². The third kappa shape index (κ3) is 3.40. The molecule has 0 amide bonds. The Balaban J connectivity index is 2.25. The average Bonchev–Trinajstić information content (AvgIpc) is 2.24. The first kappa shape index (κ1) is 12.3. The van der Waals surface area contributed by atoms with Crippen molar-refractivity contribution in [3.63, 3.8) is 0 Å². The van der Waals surface area contributed by atoms with E-state index in [0.717, 1.165) is 22.2 Å². The van der Waals surface area contributed by atoms with Crippen LogP contribution in [0.25, 0.3) is 10.8 Å². The Labute approximate surface area is 107 Å². The zero-order chi connectivity index (χ0) is 12.5. The number of benzene rings is 2. The standard InChI is InChI=1S/C13H11BrF2O/c1-13(15,16)8-17-12-5-3-9-2-4-11(14)6-10(9)7-12/h2-7H,8H2,1H3. The molecule has 0 heterocycles. The van der Waals surface area contributed by atoms with Gasteiger partial charge in [-0.2, -0.15) is 0 Å². The van der Waals surface area contributed by atoms with Gasteiger partial charge in [-0.1, -0.05) is 28.1 Å². The maximum atomic E-state index is 12.7. The van der Waals surface area contributed by atoms with Gasteiger partial charge in [0.25, 0.3) is 5.92 Å². The lowest BCUT2D eigenvalue weighted by Crippen LogP contribution is -2.20. The molecule has 0 bridgehead atoms. The average molecular weight is 301 g/mol. The topological polar surface area (TPSA) is 9.23 Å². The number of fused-ring (bicyclic) bond motifs is 1. The van der Waals surface area contributed by atoms with Crippen molar-refractivity contribution in [2.75, 3.05) is 6.61 Å². The van der Waals surface area contributed by atoms with E-state index in [1.807, 2.05) is 24.3 Å². The number of halogens is 3. The predicted octanol–water partition coefficient (Wildman–Crippen LogP) is 4.64. The van der Waals surface area contributed by atoms with E-state index >= 15 is 0 Å². The fraction of sp³-hybridized carbons (Fsp3) is 0.231. The van der Waals surface area contributed by atoms with Crippen molar-refractivity contribution in [3.05, 3.63) is 40.9 Å². The predicted molar refractivity (Wildman–Crippen MR) is 67.8 cm³/mol. The van der Waals surface area contributed by atoms with Crippen LogP contribution in [-0.4, -0.2) is 12.5 Å². The summed E-state index contributed by atoms with van der Waals surface area (Å²) in [4.78, 5) is 0. The summed E-state index contributed by atoms with van der Waals surface area (Å²) in [5.74, 6) is -2.36. The van der Waals surface area contributed by atoms with E-state index in [1.165, 1.54) is 0 Å². The van der Waals surface area contributed by atoms with Gasteiger partial charge in [0.1, 0.15) is 5.75 Å². The van der Waals surface area contributed by atoms with E-state index in [2.05, 4.69) is 15.9 Å². The molecule has 0 radical (unpaired) electrons. The molecule has 0 fully saturated rings. The van der Waals surface area contributed by atoms with Crippen LogP contribution in [0.4, 0.5) is 8.78 Å². The van der Waals surface area contributed by atoms with Crippen LogP contribution in [0.1, 0.15) is 6.92 Å². The Hall–Kier alpha value is -1.16.